The molecule has 0 aliphatic heterocycles. The number of hydrogen-bond acceptors (Lipinski definition) is 6. The molecule has 9 heteroatoms. The summed E-state index contributed by atoms with van der Waals surface area (Å²) in [4.78, 5) is 20.6. The van der Waals surface area contributed by atoms with E-state index in [0.717, 1.165) is 38.6 Å². The zero-order chi connectivity index (χ0) is 34.2. The van der Waals surface area contributed by atoms with Crippen LogP contribution in [0.25, 0.3) is 70.8 Å². The third-order valence-electron chi connectivity index (χ3n) is 8.37. The minimum absolute atomic E-state index is 0.379. The molecule has 49 heavy (non-hydrogen) atoms. The first-order valence-electron chi connectivity index (χ1n) is 15.0. The van der Waals surface area contributed by atoms with Crippen molar-refractivity contribution in [3.63, 3.8) is 0 Å². The molecule has 0 unspecified atom stereocenters. The third kappa shape index (κ3) is 5.15. The van der Waals surface area contributed by atoms with E-state index < -0.39 is 0 Å². The summed E-state index contributed by atoms with van der Waals surface area (Å²) in [5.74, 6) is 1.47. The molecule has 0 bridgehead atoms. The van der Waals surface area contributed by atoms with Gasteiger partial charge in [0.1, 0.15) is 11.6 Å². The highest BCUT2D eigenvalue weighted by Crippen LogP contribution is 2.40. The van der Waals surface area contributed by atoms with E-state index in [-0.39, 0.29) is 0 Å². The van der Waals surface area contributed by atoms with E-state index >= 15 is 0 Å². The van der Waals surface area contributed by atoms with Crippen LogP contribution < -0.4 is 0 Å². The highest BCUT2D eigenvalue weighted by Gasteiger charge is 2.19. The lowest BCUT2D eigenvalue weighted by Crippen LogP contribution is -2.02. The maximum atomic E-state index is 10.1. The van der Waals surface area contributed by atoms with Crippen molar-refractivity contribution in [2.24, 2.45) is 0 Å². The molecule has 7 rings (SSSR count). The summed E-state index contributed by atoms with van der Waals surface area (Å²) in [6.07, 6.45) is 0. The van der Waals surface area contributed by atoms with Crippen LogP contribution in [0.5, 0.6) is 0 Å². The fourth-order valence-corrected chi connectivity index (χ4v) is 6.21. The Kier molecular flexibility index (Phi) is 7.32. The number of benzene rings is 5. The van der Waals surface area contributed by atoms with Crippen LogP contribution in [0.2, 0.25) is 0 Å². The number of aryl methyl sites for hydroxylation is 2. The minimum atomic E-state index is 0.379. The quantitative estimate of drug-likeness (QED) is 0.179. The Morgan fingerprint density at radius 1 is 0.592 bits per heavy atom. The fraction of sp³-hybridized carbons (Fsp3) is 0.0500. The average Bonchev–Trinajstić information content (AvgIpc) is 3.46. The Bertz CT molecular complexity index is 2600. The molecule has 0 aliphatic carbocycles. The van der Waals surface area contributed by atoms with Crippen LogP contribution in [0.15, 0.2) is 91.0 Å². The zero-order valence-corrected chi connectivity index (χ0v) is 26.2. The second kappa shape index (κ2) is 11.9. The molecule has 226 valence electrons. The molecule has 2 aromatic heterocycles. The maximum absolute atomic E-state index is 10.1. The van der Waals surface area contributed by atoms with Gasteiger partial charge in [0.2, 0.25) is 0 Å². The molecular formula is C40H21N9. The topological polar surface area (TPSA) is 124 Å². The Hall–Kier alpha value is -7.64. The maximum Gasteiger partial charge on any atom is 0.184 e. The third-order valence-corrected chi connectivity index (χ3v) is 8.37. The number of hydrogen-bond donors (Lipinski definition) is 0. The molecule has 5 aromatic carbocycles. The van der Waals surface area contributed by atoms with Crippen molar-refractivity contribution >= 4 is 33.2 Å². The Balaban J connectivity index is 1.55. The first-order valence-corrected chi connectivity index (χ1v) is 15.0. The van der Waals surface area contributed by atoms with E-state index in [9.17, 15) is 15.8 Å². The summed E-state index contributed by atoms with van der Waals surface area (Å²) < 4.78 is 2.09. The SMILES string of the molecule is [C-]#[N+]c1ccc(-c2ccc3c4ccc(-c5ccc(C#N)cc5C#N)cc4n(-c4ccc(C#N)c(-c5nc(C)nc(C)n5)c4)c3c2)c([N+]#[C-])c1. The van der Waals surface area contributed by atoms with Crippen molar-refractivity contribution in [3.8, 4) is 57.5 Å². The lowest BCUT2D eigenvalue weighted by Gasteiger charge is -2.13. The van der Waals surface area contributed by atoms with Gasteiger partial charge in [0.15, 0.2) is 17.2 Å². The van der Waals surface area contributed by atoms with Crippen molar-refractivity contribution in [3.05, 3.63) is 142 Å². The molecule has 0 aliphatic rings. The molecule has 0 radical (unpaired) electrons. The number of fused-ring (bicyclic) bond motifs is 3. The lowest BCUT2D eigenvalue weighted by molar-refractivity contribution is 0.927. The normalized spacial score (nSPS) is 10.6. The second-order valence-corrected chi connectivity index (χ2v) is 11.3. The second-order valence-electron chi connectivity index (χ2n) is 11.3. The van der Waals surface area contributed by atoms with Gasteiger partial charge in [0.25, 0.3) is 0 Å². The van der Waals surface area contributed by atoms with E-state index in [0.29, 0.717) is 62.2 Å². The van der Waals surface area contributed by atoms with Crippen LogP contribution >= 0.6 is 0 Å². The van der Waals surface area contributed by atoms with Crippen LogP contribution in [-0.2, 0) is 0 Å². The summed E-state index contributed by atoms with van der Waals surface area (Å²) in [5.41, 5.74) is 7.94. The molecule has 0 saturated carbocycles. The number of nitriles is 3. The van der Waals surface area contributed by atoms with Crippen LogP contribution in [-0.4, -0.2) is 19.5 Å². The molecule has 2 heterocycles. The summed E-state index contributed by atoms with van der Waals surface area (Å²) in [6, 6.07) is 34.3. The zero-order valence-electron chi connectivity index (χ0n) is 26.2. The molecule has 0 N–H and O–H groups in total. The summed E-state index contributed by atoms with van der Waals surface area (Å²) in [5, 5.41) is 31.3. The largest absolute Gasteiger partial charge is 0.309 e. The van der Waals surface area contributed by atoms with Crippen LogP contribution in [0.3, 0.4) is 0 Å². The van der Waals surface area contributed by atoms with Crippen molar-refractivity contribution in [1.29, 1.82) is 15.8 Å². The molecule has 0 spiro atoms. The van der Waals surface area contributed by atoms with Crippen LogP contribution in [0, 0.1) is 61.0 Å². The van der Waals surface area contributed by atoms with Gasteiger partial charge in [0.05, 0.1) is 59.1 Å². The Morgan fingerprint density at radius 2 is 1.24 bits per heavy atom. The van der Waals surface area contributed by atoms with E-state index in [4.69, 9.17) is 13.1 Å². The highest BCUT2D eigenvalue weighted by molar-refractivity contribution is 6.11. The predicted molar refractivity (Wildman–Crippen MR) is 187 cm³/mol. The van der Waals surface area contributed by atoms with Gasteiger partial charge in [-0.25, -0.2) is 24.6 Å². The summed E-state index contributed by atoms with van der Waals surface area (Å²) in [7, 11) is 0. The van der Waals surface area contributed by atoms with Crippen LogP contribution in [0.4, 0.5) is 11.4 Å². The Labute approximate surface area is 281 Å². The van der Waals surface area contributed by atoms with Gasteiger partial charge in [-0.1, -0.05) is 48.5 Å². The fourth-order valence-electron chi connectivity index (χ4n) is 6.21. The molecular weight excluding hydrogens is 607 g/mol. The highest BCUT2D eigenvalue weighted by atomic mass is 15.0. The smallest absolute Gasteiger partial charge is 0.184 e. The van der Waals surface area contributed by atoms with Crippen molar-refractivity contribution < 1.29 is 0 Å². The molecule has 9 nitrogen and oxygen atoms in total. The van der Waals surface area contributed by atoms with Gasteiger partial charge in [-0.15, -0.1) is 0 Å². The number of aromatic nitrogens is 4. The number of rotatable bonds is 4. The lowest BCUT2D eigenvalue weighted by atomic mass is 9.97. The average molecular weight is 628 g/mol. The molecule has 0 amide bonds. The summed E-state index contributed by atoms with van der Waals surface area (Å²) in [6.45, 7) is 18.8. The van der Waals surface area contributed by atoms with E-state index in [2.05, 4.69) is 47.4 Å². The van der Waals surface area contributed by atoms with E-state index in [1.807, 2.05) is 48.5 Å². The van der Waals surface area contributed by atoms with Crippen molar-refractivity contribution in [2.75, 3.05) is 0 Å². The molecule has 0 fully saturated rings. The first-order chi connectivity index (χ1) is 23.8. The van der Waals surface area contributed by atoms with Gasteiger partial charge in [0, 0.05) is 22.0 Å². The van der Waals surface area contributed by atoms with E-state index in [1.54, 1.807) is 56.3 Å². The molecule has 7 aromatic rings. The Morgan fingerprint density at radius 3 is 1.86 bits per heavy atom. The predicted octanol–water partition coefficient (Wildman–Crippen LogP) is 9.30. The molecule has 0 atom stereocenters. The van der Waals surface area contributed by atoms with Crippen LogP contribution in [0.1, 0.15) is 28.3 Å². The van der Waals surface area contributed by atoms with Crippen molar-refractivity contribution in [2.45, 2.75) is 13.8 Å². The van der Waals surface area contributed by atoms with Gasteiger partial charge >= 0.3 is 0 Å². The standard InChI is InChI=1S/C40H21N9/c1-23-46-24(2)48-40(47-23)36-19-31(10-6-28(36)21-42)49-38-16-26(32-11-5-25(20-41)15-29(32)22-43)7-12-34(38)35-13-8-27(17-39(35)49)33-14-9-30(44-3)18-37(33)45-4/h5-19H,1-2H3. The minimum Gasteiger partial charge on any atom is -0.309 e. The first kappa shape index (κ1) is 30.0. The monoisotopic (exact) mass is 627 g/mol. The van der Waals surface area contributed by atoms with Gasteiger partial charge < -0.3 is 4.57 Å². The number of nitrogens with zero attached hydrogens (tertiary/aromatic N) is 9. The van der Waals surface area contributed by atoms with Gasteiger partial charge in [-0.2, -0.15) is 15.8 Å². The summed E-state index contributed by atoms with van der Waals surface area (Å²) >= 11 is 0. The van der Waals surface area contributed by atoms with Gasteiger partial charge in [-0.05, 0) is 78.6 Å². The van der Waals surface area contributed by atoms with E-state index in [1.165, 1.54) is 0 Å². The van der Waals surface area contributed by atoms with Gasteiger partial charge in [-0.3, -0.25) is 0 Å². The van der Waals surface area contributed by atoms with Crippen molar-refractivity contribution in [1.82, 2.24) is 19.5 Å². The molecule has 0 saturated heterocycles.